The lowest BCUT2D eigenvalue weighted by Crippen LogP contribution is -2.13. The first kappa shape index (κ1) is 7.60. The van der Waals surface area contributed by atoms with Crippen molar-refractivity contribution in [1.82, 2.24) is 0 Å². The summed E-state index contributed by atoms with van der Waals surface area (Å²) in [5.74, 6) is 1.28. The molecular formula is C12H14. The molecule has 0 amide bonds. The molecule has 0 aromatic carbocycles. The minimum Gasteiger partial charge on any atom is -0.0808 e. The van der Waals surface area contributed by atoms with Gasteiger partial charge in [0.15, 0.2) is 0 Å². The molecule has 0 saturated heterocycles. The molecule has 0 fully saturated rings. The van der Waals surface area contributed by atoms with Gasteiger partial charge in [0, 0.05) is 5.92 Å². The lowest BCUT2D eigenvalue weighted by molar-refractivity contribution is 0.580. The monoisotopic (exact) mass is 158 g/mol. The van der Waals surface area contributed by atoms with Crippen LogP contribution in [0, 0.1) is 11.8 Å². The van der Waals surface area contributed by atoms with Crippen molar-refractivity contribution in [3.63, 3.8) is 0 Å². The van der Waals surface area contributed by atoms with Gasteiger partial charge in [0.05, 0.1) is 0 Å². The Labute approximate surface area is 74.0 Å². The molecule has 0 spiro atoms. The van der Waals surface area contributed by atoms with E-state index >= 15 is 0 Å². The maximum atomic E-state index is 2.36. The maximum Gasteiger partial charge on any atom is 0.00839 e. The third-order valence-corrected chi connectivity index (χ3v) is 2.64. The number of hydrogen-bond acceptors (Lipinski definition) is 0. The van der Waals surface area contributed by atoms with Gasteiger partial charge in [0.25, 0.3) is 0 Å². The molecule has 0 heterocycles. The molecule has 0 radical (unpaired) electrons. The topological polar surface area (TPSA) is 0 Å². The average Bonchev–Trinajstić information content (AvgIpc) is 2.07. The highest BCUT2D eigenvalue weighted by molar-refractivity contribution is 5.42. The summed E-state index contributed by atoms with van der Waals surface area (Å²) in [5, 5.41) is 0. The molecule has 2 rings (SSSR count). The van der Waals surface area contributed by atoms with Crippen molar-refractivity contribution >= 4 is 0 Å². The Morgan fingerprint density at radius 2 is 2.08 bits per heavy atom. The maximum absolute atomic E-state index is 2.36. The van der Waals surface area contributed by atoms with Crippen LogP contribution in [0.15, 0.2) is 47.6 Å². The van der Waals surface area contributed by atoms with Crippen molar-refractivity contribution < 1.29 is 0 Å². The summed E-state index contributed by atoms with van der Waals surface area (Å²) in [7, 11) is 0. The number of allylic oxidation sites excluding steroid dienone is 8. The Morgan fingerprint density at radius 1 is 1.25 bits per heavy atom. The summed E-state index contributed by atoms with van der Waals surface area (Å²) < 4.78 is 0. The molecule has 0 aliphatic heterocycles. The summed E-state index contributed by atoms with van der Waals surface area (Å²) in [6.45, 7) is 4.44. The normalized spacial score (nSPS) is 32.5. The molecule has 0 N–H and O–H groups in total. The molecule has 0 nitrogen and oxygen atoms in total. The number of fused-ring (bicyclic) bond motifs is 1. The number of hydrogen-bond donors (Lipinski definition) is 0. The molecule has 62 valence electrons. The summed E-state index contributed by atoms with van der Waals surface area (Å²) in [6.07, 6.45) is 13.4. The first-order valence-corrected chi connectivity index (χ1v) is 4.52. The van der Waals surface area contributed by atoms with Crippen molar-refractivity contribution in [2.24, 2.45) is 11.8 Å². The minimum atomic E-state index is 0.625. The molecule has 2 aliphatic rings. The van der Waals surface area contributed by atoms with Gasteiger partial charge in [-0.05, 0) is 18.4 Å². The van der Waals surface area contributed by atoms with Crippen LogP contribution in [0.5, 0.6) is 0 Å². The van der Waals surface area contributed by atoms with Crippen molar-refractivity contribution in [2.45, 2.75) is 13.8 Å². The van der Waals surface area contributed by atoms with Crippen LogP contribution in [-0.2, 0) is 0 Å². The van der Waals surface area contributed by atoms with Crippen molar-refractivity contribution in [2.75, 3.05) is 0 Å². The second-order valence-corrected chi connectivity index (χ2v) is 3.68. The second-order valence-electron chi connectivity index (χ2n) is 3.68. The zero-order valence-corrected chi connectivity index (χ0v) is 7.62. The predicted molar refractivity (Wildman–Crippen MR) is 52.8 cm³/mol. The quantitative estimate of drug-likeness (QED) is 0.507. The van der Waals surface area contributed by atoms with Gasteiger partial charge in [-0.2, -0.15) is 0 Å². The smallest absolute Gasteiger partial charge is 0.00839 e. The van der Waals surface area contributed by atoms with E-state index in [2.05, 4.69) is 50.3 Å². The van der Waals surface area contributed by atoms with Gasteiger partial charge in [-0.3, -0.25) is 0 Å². The molecule has 0 heteroatoms. The van der Waals surface area contributed by atoms with Crippen molar-refractivity contribution in [3.05, 3.63) is 47.6 Å². The van der Waals surface area contributed by atoms with Crippen LogP contribution in [0.3, 0.4) is 0 Å². The van der Waals surface area contributed by atoms with E-state index in [4.69, 9.17) is 0 Å². The average molecular weight is 158 g/mol. The zero-order chi connectivity index (χ0) is 8.55. The van der Waals surface area contributed by atoms with Gasteiger partial charge < -0.3 is 0 Å². The van der Waals surface area contributed by atoms with Gasteiger partial charge in [-0.1, -0.05) is 49.0 Å². The lowest BCUT2D eigenvalue weighted by atomic mass is 9.79. The Balaban J connectivity index is 2.36. The molecular weight excluding hydrogens is 144 g/mol. The molecule has 0 aromatic rings. The molecule has 2 atom stereocenters. The lowest BCUT2D eigenvalue weighted by Gasteiger charge is -2.25. The largest absolute Gasteiger partial charge is 0.0808 e. The van der Waals surface area contributed by atoms with Gasteiger partial charge in [0.1, 0.15) is 0 Å². The van der Waals surface area contributed by atoms with E-state index in [0.717, 1.165) is 0 Å². The van der Waals surface area contributed by atoms with Crippen LogP contribution in [0.2, 0.25) is 0 Å². The van der Waals surface area contributed by atoms with E-state index in [1.807, 2.05) is 0 Å². The van der Waals surface area contributed by atoms with Crippen LogP contribution >= 0.6 is 0 Å². The third kappa shape index (κ3) is 1.18. The minimum absolute atomic E-state index is 0.625. The zero-order valence-electron chi connectivity index (χ0n) is 7.62. The fraction of sp³-hybridized carbons (Fsp3) is 0.333. The van der Waals surface area contributed by atoms with E-state index in [-0.39, 0.29) is 0 Å². The predicted octanol–water partition coefficient (Wildman–Crippen LogP) is 3.25. The summed E-state index contributed by atoms with van der Waals surface area (Å²) in [6, 6.07) is 0. The third-order valence-electron chi connectivity index (χ3n) is 2.64. The van der Waals surface area contributed by atoms with Crippen LogP contribution in [0.25, 0.3) is 0 Å². The first-order valence-electron chi connectivity index (χ1n) is 4.52. The first-order chi connectivity index (χ1) is 5.77. The highest BCUT2D eigenvalue weighted by atomic mass is 14.2. The fourth-order valence-electron chi connectivity index (χ4n) is 1.86. The van der Waals surface area contributed by atoms with Crippen LogP contribution in [0.4, 0.5) is 0 Å². The Bertz CT molecular complexity index is 300. The van der Waals surface area contributed by atoms with Gasteiger partial charge >= 0.3 is 0 Å². The molecule has 0 saturated carbocycles. The highest BCUT2D eigenvalue weighted by Crippen LogP contribution is 2.32. The molecule has 12 heavy (non-hydrogen) atoms. The fourth-order valence-corrected chi connectivity index (χ4v) is 1.86. The van der Waals surface area contributed by atoms with Gasteiger partial charge in [-0.25, -0.2) is 0 Å². The highest BCUT2D eigenvalue weighted by Gasteiger charge is 2.19. The molecule has 2 aliphatic carbocycles. The second kappa shape index (κ2) is 2.78. The van der Waals surface area contributed by atoms with E-state index < -0.39 is 0 Å². The van der Waals surface area contributed by atoms with E-state index in [1.165, 1.54) is 11.1 Å². The SMILES string of the molecule is CC1=CC2C(=CC=CC2C)C=C1. The van der Waals surface area contributed by atoms with E-state index in [0.29, 0.717) is 11.8 Å². The summed E-state index contributed by atoms with van der Waals surface area (Å²) in [4.78, 5) is 0. The standard InChI is InChI=1S/C12H14/c1-9-6-7-11-5-3-4-10(2)12(11)8-9/h3-8,10,12H,1-2H3. The summed E-state index contributed by atoms with van der Waals surface area (Å²) in [5.41, 5.74) is 2.84. The summed E-state index contributed by atoms with van der Waals surface area (Å²) >= 11 is 0. The van der Waals surface area contributed by atoms with Crippen molar-refractivity contribution in [3.8, 4) is 0 Å². The van der Waals surface area contributed by atoms with E-state index in [9.17, 15) is 0 Å². The van der Waals surface area contributed by atoms with E-state index in [1.54, 1.807) is 0 Å². The van der Waals surface area contributed by atoms with Gasteiger partial charge in [0.2, 0.25) is 0 Å². The molecule has 0 aromatic heterocycles. The van der Waals surface area contributed by atoms with Crippen LogP contribution in [-0.4, -0.2) is 0 Å². The van der Waals surface area contributed by atoms with Gasteiger partial charge in [-0.15, -0.1) is 0 Å². The Morgan fingerprint density at radius 3 is 2.92 bits per heavy atom. The Kier molecular flexibility index (Phi) is 1.76. The van der Waals surface area contributed by atoms with Crippen LogP contribution < -0.4 is 0 Å². The van der Waals surface area contributed by atoms with Crippen LogP contribution in [0.1, 0.15) is 13.8 Å². The Hall–Kier alpha value is -1.04. The van der Waals surface area contributed by atoms with Crippen molar-refractivity contribution in [1.29, 1.82) is 0 Å². The molecule has 0 bridgehead atoms. The number of rotatable bonds is 0. The molecule has 2 unspecified atom stereocenters.